The average molecular weight is 290 g/mol. The summed E-state index contributed by atoms with van der Waals surface area (Å²) in [5.41, 5.74) is 0. The Morgan fingerprint density at radius 3 is 2.47 bits per heavy atom. The van der Waals surface area contributed by atoms with Crippen molar-refractivity contribution in [1.29, 1.82) is 0 Å². The molecule has 0 spiro atoms. The molecule has 0 aromatic heterocycles. The van der Waals surface area contributed by atoms with Gasteiger partial charge >= 0.3 is 6.18 Å². The monoisotopic (exact) mass is 289 g/mol. The van der Waals surface area contributed by atoms with Crippen molar-refractivity contribution in [3.63, 3.8) is 0 Å². The number of nitrogens with one attached hydrogen (secondary N) is 1. The van der Waals surface area contributed by atoms with Crippen LogP contribution < -0.4 is 5.32 Å². The molecule has 2 nitrogen and oxygen atoms in total. The van der Waals surface area contributed by atoms with Crippen molar-refractivity contribution in [2.75, 3.05) is 11.9 Å². The fourth-order valence-electron chi connectivity index (χ4n) is 1.11. The van der Waals surface area contributed by atoms with Crippen LogP contribution in [0.1, 0.15) is 26.2 Å². The molecule has 0 bridgehead atoms. The molecule has 6 heteroatoms. The lowest BCUT2D eigenvalue weighted by molar-refractivity contribution is -0.153. The molecule has 0 aliphatic heterocycles. The second-order valence-corrected chi connectivity index (χ2v) is 4.14. The van der Waals surface area contributed by atoms with Crippen LogP contribution in [0.5, 0.6) is 0 Å². The Morgan fingerprint density at radius 2 is 2.07 bits per heavy atom. The number of amides is 1. The van der Waals surface area contributed by atoms with E-state index in [9.17, 15) is 18.0 Å². The zero-order valence-corrected chi connectivity index (χ0v) is 10.1. The standard InChI is InChI=1S/C9H15BrF3NO/c1-2-7(3-4-10)6-14-8(15)5-9(11,12)13/h7H,2-6H2,1H3,(H,14,15). The number of carbonyl (C=O) groups is 1. The highest BCUT2D eigenvalue weighted by atomic mass is 79.9. The SMILES string of the molecule is CCC(CCBr)CNC(=O)CC(F)(F)F. The van der Waals surface area contributed by atoms with E-state index in [-0.39, 0.29) is 5.92 Å². The van der Waals surface area contributed by atoms with Gasteiger partial charge < -0.3 is 5.32 Å². The Balaban J connectivity index is 3.78. The number of alkyl halides is 4. The smallest absolute Gasteiger partial charge is 0.356 e. The summed E-state index contributed by atoms with van der Waals surface area (Å²) < 4.78 is 35.4. The molecule has 15 heavy (non-hydrogen) atoms. The number of hydrogen-bond acceptors (Lipinski definition) is 1. The molecule has 0 aromatic carbocycles. The summed E-state index contributed by atoms with van der Waals surface area (Å²) in [5, 5.41) is 3.09. The second kappa shape index (κ2) is 7.09. The van der Waals surface area contributed by atoms with Crippen molar-refractivity contribution in [3.05, 3.63) is 0 Å². The van der Waals surface area contributed by atoms with Crippen LogP contribution in [-0.4, -0.2) is 24.0 Å². The molecule has 0 aliphatic carbocycles. The average Bonchev–Trinajstić information content (AvgIpc) is 2.09. The minimum Gasteiger partial charge on any atom is -0.356 e. The first-order valence-electron chi connectivity index (χ1n) is 4.78. The van der Waals surface area contributed by atoms with Crippen molar-refractivity contribution in [2.24, 2.45) is 5.92 Å². The van der Waals surface area contributed by atoms with Crippen LogP contribution in [0.25, 0.3) is 0 Å². The first-order valence-corrected chi connectivity index (χ1v) is 5.90. The number of hydrogen-bond donors (Lipinski definition) is 1. The fraction of sp³-hybridized carbons (Fsp3) is 0.889. The highest BCUT2D eigenvalue weighted by Crippen LogP contribution is 2.19. The zero-order chi connectivity index (χ0) is 11.9. The Bertz CT molecular complexity index is 196. The maximum atomic E-state index is 11.8. The van der Waals surface area contributed by atoms with Gasteiger partial charge in [0, 0.05) is 11.9 Å². The Kier molecular flexibility index (Phi) is 6.96. The van der Waals surface area contributed by atoms with Crippen molar-refractivity contribution < 1.29 is 18.0 Å². The highest BCUT2D eigenvalue weighted by Gasteiger charge is 2.31. The summed E-state index contributed by atoms with van der Waals surface area (Å²) in [7, 11) is 0. The summed E-state index contributed by atoms with van der Waals surface area (Å²) in [5.74, 6) is -0.711. The Hall–Kier alpha value is -0.260. The maximum absolute atomic E-state index is 11.8. The first kappa shape index (κ1) is 14.7. The van der Waals surface area contributed by atoms with E-state index in [2.05, 4.69) is 21.2 Å². The first-order chi connectivity index (χ1) is 6.89. The van der Waals surface area contributed by atoms with Crippen molar-refractivity contribution in [1.82, 2.24) is 5.32 Å². The maximum Gasteiger partial charge on any atom is 0.397 e. The lowest BCUT2D eigenvalue weighted by atomic mass is 10.0. The zero-order valence-electron chi connectivity index (χ0n) is 8.53. The highest BCUT2D eigenvalue weighted by molar-refractivity contribution is 9.09. The minimum absolute atomic E-state index is 0.238. The van der Waals surface area contributed by atoms with Gasteiger partial charge in [0.2, 0.25) is 5.91 Å². The van der Waals surface area contributed by atoms with E-state index in [1.807, 2.05) is 6.92 Å². The third kappa shape index (κ3) is 8.72. The van der Waals surface area contributed by atoms with Gasteiger partial charge in [-0.25, -0.2) is 0 Å². The van der Waals surface area contributed by atoms with Crippen LogP contribution in [0.4, 0.5) is 13.2 Å². The number of rotatable bonds is 6. The van der Waals surface area contributed by atoms with Crippen LogP contribution in [-0.2, 0) is 4.79 Å². The van der Waals surface area contributed by atoms with E-state index in [4.69, 9.17) is 0 Å². The predicted octanol–water partition coefficient (Wildman–Crippen LogP) is 2.87. The van der Waals surface area contributed by atoms with Gasteiger partial charge in [-0.1, -0.05) is 29.3 Å². The van der Waals surface area contributed by atoms with Gasteiger partial charge in [0.15, 0.2) is 0 Å². The summed E-state index contributed by atoms with van der Waals surface area (Å²) in [6, 6.07) is 0. The van der Waals surface area contributed by atoms with E-state index in [0.29, 0.717) is 6.54 Å². The normalized spacial score (nSPS) is 13.7. The number of halogens is 4. The van der Waals surface area contributed by atoms with E-state index < -0.39 is 18.5 Å². The van der Waals surface area contributed by atoms with Crippen LogP contribution >= 0.6 is 15.9 Å². The van der Waals surface area contributed by atoms with Crippen LogP contribution in [0.15, 0.2) is 0 Å². The van der Waals surface area contributed by atoms with Gasteiger partial charge in [-0.2, -0.15) is 13.2 Å². The summed E-state index contributed by atoms with van der Waals surface area (Å²) in [4.78, 5) is 10.8. The number of carbonyl (C=O) groups excluding carboxylic acids is 1. The molecule has 90 valence electrons. The van der Waals surface area contributed by atoms with E-state index in [1.165, 1.54) is 0 Å². The Morgan fingerprint density at radius 1 is 1.47 bits per heavy atom. The lowest BCUT2D eigenvalue weighted by Crippen LogP contribution is -2.32. The molecule has 0 saturated heterocycles. The minimum atomic E-state index is -4.42. The molecular formula is C9H15BrF3NO. The van der Waals surface area contributed by atoms with Gasteiger partial charge in [-0.05, 0) is 12.3 Å². The molecule has 1 amide bonds. The summed E-state index contributed by atoms with van der Waals surface area (Å²) in [6.45, 7) is 2.26. The van der Waals surface area contributed by atoms with Crippen LogP contribution in [0.2, 0.25) is 0 Å². The molecule has 1 atom stereocenters. The van der Waals surface area contributed by atoms with E-state index in [1.54, 1.807) is 0 Å². The molecule has 0 aliphatic rings. The molecule has 1 unspecified atom stereocenters. The molecule has 0 rings (SSSR count). The van der Waals surface area contributed by atoms with Crippen molar-refractivity contribution in [2.45, 2.75) is 32.4 Å². The van der Waals surface area contributed by atoms with E-state index in [0.717, 1.165) is 18.2 Å². The van der Waals surface area contributed by atoms with Gasteiger partial charge in [0.25, 0.3) is 0 Å². The van der Waals surface area contributed by atoms with E-state index >= 15 is 0 Å². The lowest BCUT2D eigenvalue weighted by Gasteiger charge is -2.14. The molecule has 0 aromatic rings. The molecule has 0 saturated carbocycles. The summed E-state index contributed by atoms with van der Waals surface area (Å²) >= 11 is 3.25. The second-order valence-electron chi connectivity index (χ2n) is 3.35. The quantitative estimate of drug-likeness (QED) is 0.749. The molecule has 0 heterocycles. The Labute approximate surface area is 95.7 Å². The van der Waals surface area contributed by atoms with Gasteiger partial charge in [0.1, 0.15) is 6.42 Å². The molecule has 1 N–H and O–H groups in total. The summed E-state index contributed by atoms with van der Waals surface area (Å²) in [6.07, 6.45) is -4.11. The van der Waals surface area contributed by atoms with Crippen LogP contribution in [0, 0.1) is 5.92 Å². The molecule has 0 radical (unpaired) electrons. The molecule has 0 fully saturated rings. The van der Waals surface area contributed by atoms with Gasteiger partial charge in [0.05, 0.1) is 0 Å². The third-order valence-electron chi connectivity index (χ3n) is 2.04. The van der Waals surface area contributed by atoms with Crippen molar-refractivity contribution in [3.8, 4) is 0 Å². The van der Waals surface area contributed by atoms with Crippen molar-refractivity contribution >= 4 is 21.8 Å². The fourth-order valence-corrected chi connectivity index (χ4v) is 1.76. The van der Waals surface area contributed by atoms with Crippen LogP contribution in [0.3, 0.4) is 0 Å². The van der Waals surface area contributed by atoms with Gasteiger partial charge in [-0.15, -0.1) is 0 Å². The topological polar surface area (TPSA) is 29.1 Å². The predicted molar refractivity (Wildman–Crippen MR) is 55.9 cm³/mol. The molecular weight excluding hydrogens is 275 g/mol. The third-order valence-corrected chi connectivity index (χ3v) is 2.50. The largest absolute Gasteiger partial charge is 0.397 e. The van der Waals surface area contributed by atoms with Gasteiger partial charge in [-0.3, -0.25) is 4.79 Å².